The maximum atomic E-state index is 12.3. The molecular formula is C16H30N2O2. The second-order valence-electron chi connectivity index (χ2n) is 6.76. The van der Waals surface area contributed by atoms with Crippen molar-refractivity contribution in [3.8, 4) is 0 Å². The molecule has 0 aromatic rings. The Bertz CT molecular complexity index is 320. The topological polar surface area (TPSA) is 64.3 Å². The number of hydrogen-bond donors (Lipinski definition) is 2. The van der Waals surface area contributed by atoms with E-state index in [9.17, 15) is 4.79 Å². The van der Waals surface area contributed by atoms with Crippen molar-refractivity contribution >= 4 is 5.91 Å². The monoisotopic (exact) mass is 282 g/mol. The molecule has 3 N–H and O–H groups in total. The Morgan fingerprint density at radius 3 is 2.70 bits per heavy atom. The zero-order valence-electron chi connectivity index (χ0n) is 12.9. The van der Waals surface area contributed by atoms with Crippen molar-refractivity contribution in [3.05, 3.63) is 0 Å². The Hall–Kier alpha value is -0.610. The molecule has 1 aliphatic carbocycles. The summed E-state index contributed by atoms with van der Waals surface area (Å²) in [7, 11) is 0. The van der Waals surface area contributed by atoms with Crippen molar-refractivity contribution in [1.82, 2.24) is 5.32 Å². The molecular weight excluding hydrogens is 252 g/mol. The standard InChI is InChI=1S/C16H30N2O2/c1-11(2)15-13(6-4-8-20-15)10-18-16(19)14-7-3-5-12(14)9-17/h11-15H,3-10,17H2,1-2H3,(H,18,19)/t12-,13?,14-,15?/m1/s1. The first-order valence-corrected chi connectivity index (χ1v) is 8.22. The van der Waals surface area contributed by atoms with Crippen molar-refractivity contribution in [1.29, 1.82) is 0 Å². The van der Waals surface area contributed by atoms with Gasteiger partial charge in [-0.1, -0.05) is 20.3 Å². The van der Waals surface area contributed by atoms with Gasteiger partial charge < -0.3 is 15.8 Å². The molecule has 1 aliphatic heterocycles. The molecule has 1 amide bonds. The second kappa shape index (κ2) is 7.41. The first-order chi connectivity index (χ1) is 9.63. The molecule has 4 nitrogen and oxygen atoms in total. The summed E-state index contributed by atoms with van der Waals surface area (Å²) in [6.07, 6.45) is 5.81. The van der Waals surface area contributed by atoms with Crippen LogP contribution in [0.2, 0.25) is 0 Å². The molecule has 0 spiro atoms. The molecule has 0 aromatic carbocycles. The van der Waals surface area contributed by atoms with Crippen molar-refractivity contribution in [3.63, 3.8) is 0 Å². The molecule has 2 rings (SSSR count). The number of rotatable bonds is 5. The molecule has 1 saturated carbocycles. The highest BCUT2D eigenvalue weighted by Crippen LogP contribution is 2.31. The van der Waals surface area contributed by atoms with E-state index in [1.54, 1.807) is 0 Å². The van der Waals surface area contributed by atoms with Crippen LogP contribution in [-0.4, -0.2) is 31.7 Å². The average molecular weight is 282 g/mol. The fourth-order valence-corrected chi connectivity index (χ4v) is 3.85. The van der Waals surface area contributed by atoms with Crippen LogP contribution in [0.4, 0.5) is 0 Å². The summed E-state index contributed by atoms with van der Waals surface area (Å²) in [5.41, 5.74) is 5.76. The van der Waals surface area contributed by atoms with Crippen molar-refractivity contribution in [2.45, 2.75) is 52.1 Å². The quantitative estimate of drug-likeness (QED) is 0.810. The van der Waals surface area contributed by atoms with Crippen LogP contribution in [0.25, 0.3) is 0 Å². The predicted molar refractivity (Wildman–Crippen MR) is 80.2 cm³/mol. The Kier molecular flexibility index (Phi) is 5.85. The van der Waals surface area contributed by atoms with Crippen molar-refractivity contribution in [2.24, 2.45) is 29.4 Å². The van der Waals surface area contributed by atoms with Gasteiger partial charge in [0.2, 0.25) is 5.91 Å². The van der Waals surface area contributed by atoms with Crippen LogP contribution < -0.4 is 11.1 Å². The second-order valence-corrected chi connectivity index (χ2v) is 6.76. The van der Waals surface area contributed by atoms with E-state index >= 15 is 0 Å². The summed E-state index contributed by atoms with van der Waals surface area (Å²) in [5.74, 6) is 1.72. The first-order valence-electron chi connectivity index (χ1n) is 8.22. The minimum absolute atomic E-state index is 0.141. The van der Waals surface area contributed by atoms with Crippen molar-refractivity contribution < 1.29 is 9.53 Å². The molecule has 4 atom stereocenters. The fraction of sp³-hybridized carbons (Fsp3) is 0.938. The van der Waals surface area contributed by atoms with Gasteiger partial charge in [-0.3, -0.25) is 4.79 Å². The lowest BCUT2D eigenvalue weighted by molar-refractivity contribution is -0.127. The lowest BCUT2D eigenvalue weighted by Gasteiger charge is -2.34. The summed E-state index contributed by atoms with van der Waals surface area (Å²) >= 11 is 0. The van der Waals surface area contributed by atoms with E-state index in [2.05, 4.69) is 19.2 Å². The third-order valence-electron chi connectivity index (χ3n) is 4.99. The number of carbonyl (C=O) groups excluding carboxylic acids is 1. The minimum Gasteiger partial charge on any atom is -0.378 e. The van der Waals surface area contributed by atoms with E-state index in [1.165, 1.54) is 0 Å². The summed E-state index contributed by atoms with van der Waals surface area (Å²) in [4.78, 5) is 12.3. The molecule has 0 radical (unpaired) electrons. The van der Waals surface area contributed by atoms with E-state index in [4.69, 9.17) is 10.5 Å². The first kappa shape index (κ1) is 15.8. The molecule has 0 aromatic heterocycles. The molecule has 2 fully saturated rings. The lowest BCUT2D eigenvalue weighted by Crippen LogP contribution is -2.43. The Morgan fingerprint density at radius 1 is 1.25 bits per heavy atom. The molecule has 1 heterocycles. The predicted octanol–water partition coefficient (Wildman–Crippen LogP) is 1.93. The largest absolute Gasteiger partial charge is 0.378 e. The van der Waals surface area contributed by atoms with Gasteiger partial charge in [-0.2, -0.15) is 0 Å². The molecule has 2 aliphatic rings. The number of amides is 1. The number of nitrogens with one attached hydrogen (secondary N) is 1. The number of carbonyl (C=O) groups is 1. The minimum atomic E-state index is 0.141. The van der Waals surface area contributed by atoms with E-state index in [-0.39, 0.29) is 17.9 Å². The SMILES string of the molecule is CC(C)C1OCCCC1CNC(=O)[C@@H]1CCC[C@@H]1CN. The van der Waals surface area contributed by atoms with Gasteiger partial charge in [-0.05, 0) is 44.1 Å². The highest BCUT2D eigenvalue weighted by atomic mass is 16.5. The smallest absolute Gasteiger partial charge is 0.223 e. The van der Waals surface area contributed by atoms with Crippen LogP contribution in [0.3, 0.4) is 0 Å². The Balaban J connectivity index is 1.82. The van der Waals surface area contributed by atoms with E-state index in [0.717, 1.165) is 45.3 Å². The molecule has 0 bridgehead atoms. The van der Waals surface area contributed by atoms with E-state index in [0.29, 0.717) is 24.3 Å². The Labute approximate surface area is 122 Å². The van der Waals surface area contributed by atoms with Gasteiger partial charge in [0.15, 0.2) is 0 Å². The lowest BCUT2D eigenvalue weighted by atomic mass is 9.87. The summed E-state index contributed by atoms with van der Waals surface area (Å²) in [6, 6.07) is 0. The fourth-order valence-electron chi connectivity index (χ4n) is 3.85. The van der Waals surface area contributed by atoms with E-state index < -0.39 is 0 Å². The van der Waals surface area contributed by atoms with E-state index in [1.807, 2.05) is 0 Å². The molecule has 20 heavy (non-hydrogen) atoms. The van der Waals surface area contributed by atoms with Gasteiger partial charge in [0.1, 0.15) is 0 Å². The van der Waals surface area contributed by atoms with Crippen LogP contribution in [0.15, 0.2) is 0 Å². The maximum absolute atomic E-state index is 12.3. The van der Waals surface area contributed by atoms with Gasteiger partial charge >= 0.3 is 0 Å². The highest BCUT2D eigenvalue weighted by molar-refractivity contribution is 5.79. The van der Waals surface area contributed by atoms with Gasteiger partial charge in [-0.25, -0.2) is 0 Å². The summed E-state index contributed by atoms with van der Waals surface area (Å²) < 4.78 is 5.88. The summed E-state index contributed by atoms with van der Waals surface area (Å²) in [5, 5.41) is 3.17. The molecule has 116 valence electrons. The van der Waals surface area contributed by atoms with Crippen molar-refractivity contribution in [2.75, 3.05) is 19.7 Å². The summed E-state index contributed by atoms with van der Waals surface area (Å²) in [6.45, 7) is 6.67. The molecule has 1 saturated heterocycles. The number of ether oxygens (including phenoxy) is 1. The number of nitrogens with two attached hydrogens (primary N) is 1. The maximum Gasteiger partial charge on any atom is 0.223 e. The van der Waals surface area contributed by atoms with Gasteiger partial charge in [0.25, 0.3) is 0 Å². The molecule has 2 unspecified atom stereocenters. The zero-order chi connectivity index (χ0) is 14.5. The third kappa shape index (κ3) is 3.73. The zero-order valence-corrected chi connectivity index (χ0v) is 12.9. The van der Waals surface area contributed by atoms with Crippen LogP contribution in [0.1, 0.15) is 46.0 Å². The van der Waals surface area contributed by atoms with Gasteiger partial charge in [-0.15, -0.1) is 0 Å². The van der Waals surface area contributed by atoms with Crippen LogP contribution >= 0.6 is 0 Å². The van der Waals surface area contributed by atoms with Crippen LogP contribution in [0.5, 0.6) is 0 Å². The third-order valence-corrected chi connectivity index (χ3v) is 4.99. The Morgan fingerprint density at radius 2 is 2.00 bits per heavy atom. The van der Waals surface area contributed by atoms with Crippen LogP contribution in [0, 0.1) is 23.7 Å². The van der Waals surface area contributed by atoms with Gasteiger partial charge in [0, 0.05) is 25.0 Å². The number of hydrogen-bond acceptors (Lipinski definition) is 3. The molecule has 4 heteroatoms. The average Bonchev–Trinajstić information content (AvgIpc) is 2.93. The van der Waals surface area contributed by atoms with Gasteiger partial charge in [0.05, 0.1) is 6.10 Å². The normalized spacial score (nSPS) is 34.4. The highest BCUT2D eigenvalue weighted by Gasteiger charge is 2.33. The van der Waals surface area contributed by atoms with Crippen LogP contribution in [-0.2, 0) is 9.53 Å².